The fraction of sp³-hybridized carbons (Fsp3) is 0. The number of hydrogen-bond acceptors (Lipinski definition) is 7. The second kappa shape index (κ2) is 6.19. The highest BCUT2D eigenvalue weighted by Gasteiger charge is 2.14. The Bertz CT molecular complexity index is 1040. The first-order valence-corrected chi connectivity index (χ1v) is 7.52. The van der Waals surface area contributed by atoms with Gasteiger partial charge in [-0.05, 0) is 29.7 Å². The molecule has 2 heterocycles. The molecule has 0 bridgehead atoms. The molecule has 3 N–H and O–H groups in total. The molecule has 0 saturated heterocycles. The Morgan fingerprint density at radius 2 is 2.21 bits per heavy atom. The van der Waals surface area contributed by atoms with Gasteiger partial charge in [0.25, 0.3) is 5.91 Å². The number of carbonyl (C=O) groups excluding carboxylic acids is 1. The second-order valence-corrected chi connectivity index (χ2v) is 5.63. The molecule has 0 spiro atoms. The molecule has 1 aromatic carbocycles. The first kappa shape index (κ1) is 15.8. The molecule has 8 nitrogen and oxygen atoms in total. The number of benzene rings is 1. The van der Waals surface area contributed by atoms with Gasteiger partial charge in [0.05, 0.1) is 23.3 Å². The molecule has 3 rings (SSSR count). The molecular formula is C14H7ClN6O2S. The minimum absolute atomic E-state index is 0.0515. The highest BCUT2D eigenvalue weighted by atomic mass is 35.5. The number of hydrogen-bond donors (Lipinski definition) is 2. The molecule has 118 valence electrons. The third-order valence-corrected chi connectivity index (χ3v) is 4.07. The van der Waals surface area contributed by atoms with Crippen molar-refractivity contribution in [1.82, 2.24) is 9.36 Å². The van der Waals surface area contributed by atoms with Gasteiger partial charge in [-0.15, -0.1) is 10.2 Å². The summed E-state index contributed by atoms with van der Waals surface area (Å²) < 4.78 is 4.16. The average molecular weight is 359 g/mol. The van der Waals surface area contributed by atoms with Crippen LogP contribution >= 0.6 is 23.1 Å². The Labute approximate surface area is 144 Å². The van der Waals surface area contributed by atoms with Gasteiger partial charge in [-0.25, -0.2) is 9.22 Å². The van der Waals surface area contributed by atoms with E-state index in [0.29, 0.717) is 21.6 Å². The topological polar surface area (TPSA) is 118 Å². The van der Waals surface area contributed by atoms with E-state index in [9.17, 15) is 9.90 Å². The van der Waals surface area contributed by atoms with Gasteiger partial charge in [0.15, 0.2) is 5.00 Å². The van der Waals surface area contributed by atoms with Gasteiger partial charge in [0.1, 0.15) is 10.9 Å². The van der Waals surface area contributed by atoms with Gasteiger partial charge in [-0.3, -0.25) is 9.78 Å². The lowest BCUT2D eigenvalue weighted by molar-refractivity contribution is 0.0998. The lowest BCUT2D eigenvalue weighted by atomic mass is 10.2. The monoisotopic (exact) mass is 358 g/mol. The summed E-state index contributed by atoms with van der Waals surface area (Å²) in [5, 5.41) is 18.7. The number of aromatic nitrogens is 2. The molecule has 0 saturated carbocycles. The van der Waals surface area contributed by atoms with Crippen LogP contribution in [0.4, 0.5) is 16.4 Å². The fourth-order valence-corrected chi connectivity index (χ4v) is 2.78. The van der Waals surface area contributed by atoms with Gasteiger partial charge >= 0.3 is 0 Å². The predicted octanol–water partition coefficient (Wildman–Crippen LogP) is 4.12. The zero-order valence-electron chi connectivity index (χ0n) is 11.8. The molecule has 2 aromatic heterocycles. The van der Waals surface area contributed by atoms with Gasteiger partial charge in [-0.2, -0.15) is 0 Å². The number of nitrogens with two attached hydrogens (primary N) is 1. The lowest BCUT2D eigenvalue weighted by Crippen LogP contribution is -2.10. The third-order valence-electron chi connectivity index (χ3n) is 3.05. The van der Waals surface area contributed by atoms with Crippen LogP contribution in [0.5, 0.6) is 5.75 Å². The molecule has 0 radical (unpaired) electrons. The quantitative estimate of drug-likeness (QED) is 0.416. The van der Waals surface area contributed by atoms with Crippen LogP contribution in [0.3, 0.4) is 0 Å². The van der Waals surface area contributed by atoms with E-state index >= 15 is 0 Å². The number of aromatic hydroxyl groups is 1. The van der Waals surface area contributed by atoms with E-state index < -0.39 is 5.91 Å². The van der Waals surface area contributed by atoms with Crippen molar-refractivity contribution in [2.75, 3.05) is 0 Å². The second-order valence-electron chi connectivity index (χ2n) is 4.53. The highest BCUT2D eigenvalue weighted by Crippen LogP contribution is 2.39. The largest absolute Gasteiger partial charge is 0.507 e. The zero-order chi connectivity index (χ0) is 17.3. The molecule has 10 heteroatoms. The van der Waals surface area contributed by atoms with Crippen molar-refractivity contribution in [1.29, 1.82) is 0 Å². The van der Waals surface area contributed by atoms with E-state index in [1.54, 1.807) is 0 Å². The normalized spacial score (nSPS) is 11.0. The molecule has 0 aliphatic heterocycles. The first-order valence-electron chi connectivity index (χ1n) is 6.37. The van der Waals surface area contributed by atoms with E-state index in [2.05, 4.69) is 24.4 Å². The van der Waals surface area contributed by atoms with Crippen LogP contribution in [-0.2, 0) is 0 Å². The smallest absolute Gasteiger partial charge is 0.252 e. The van der Waals surface area contributed by atoms with Crippen LogP contribution in [0.1, 0.15) is 10.4 Å². The van der Waals surface area contributed by atoms with Crippen LogP contribution in [0.25, 0.3) is 15.7 Å². The molecule has 0 fully saturated rings. The van der Waals surface area contributed by atoms with E-state index in [0.717, 1.165) is 11.5 Å². The number of pyridine rings is 1. The fourth-order valence-electron chi connectivity index (χ4n) is 1.91. The van der Waals surface area contributed by atoms with Gasteiger partial charge < -0.3 is 10.8 Å². The summed E-state index contributed by atoms with van der Waals surface area (Å²) in [6, 6.07) is 4.11. The Kier molecular flexibility index (Phi) is 4.07. The number of primary amides is 1. The number of phenols is 1. The number of carbonyl (C=O) groups is 1. The Hall–Kier alpha value is -3.09. The van der Waals surface area contributed by atoms with Crippen molar-refractivity contribution >= 4 is 56.3 Å². The summed E-state index contributed by atoms with van der Waals surface area (Å²) in [5.74, 6) is -1.00. The molecule has 24 heavy (non-hydrogen) atoms. The van der Waals surface area contributed by atoms with Crippen molar-refractivity contribution in [2.45, 2.75) is 0 Å². The average Bonchev–Trinajstić information content (AvgIpc) is 2.97. The van der Waals surface area contributed by atoms with Crippen molar-refractivity contribution < 1.29 is 9.90 Å². The number of rotatable bonds is 3. The minimum atomic E-state index is -0.770. The summed E-state index contributed by atoms with van der Waals surface area (Å²) in [6.45, 7) is 7.14. The number of azo groups is 1. The molecule has 3 aromatic rings. The molecular weight excluding hydrogens is 352 g/mol. The maximum atomic E-state index is 11.2. The van der Waals surface area contributed by atoms with Crippen LogP contribution in [0.2, 0.25) is 5.15 Å². The van der Waals surface area contributed by atoms with E-state index in [-0.39, 0.29) is 22.2 Å². The summed E-state index contributed by atoms with van der Waals surface area (Å²) in [5.41, 5.74) is 6.01. The Morgan fingerprint density at radius 3 is 2.92 bits per heavy atom. The molecule has 1 amide bonds. The minimum Gasteiger partial charge on any atom is -0.507 e. The molecule has 0 atom stereocenters. The van der Waals surface area contributed by atoms with Gasteiger partial charge in [0.2, 0.25) is 5.69 Å². The Morgan fingerprint density at radius 1 is 1.42 bits per heavy atom. The standard InChI is InChI=1S/C14H7ClN6O2S/c1-17-11-10-8(5-18-12(11)15)14(24-21-10)20-19-6-2-3-9(22)7(4-6)13(16)23/h2-5,22H,(H2,16,23). The van der Waals surface area contributed by atoms with Gasteiger partial charge in [-0.1, -0.05) is 11.6 Å². The van der Waals surface area contributed by atoms with Crippen molar-refractivity contribution in [2.24, 2.45) is 16.0 Å². The molecule has 0 aliphatic carbocycles. The number of fused-ring (bicyclic) bond motifs is 1. The maximum absolute atomic E-state index is 11.2. The lowest BCUT2D eigenvalue weighted by Gasteiger charge is -2.00. The van der Waals surface area contributed by atoms with Gasteiger partial charge in [0, 0.05) is 11.6 Å². The zero-order valence-corrected chi connectivity index (χ0v) is 13.3. The van der Waals surface area contributed by atoms with Crippen LogP contribution in [-0.4, -0.2) is 20.4 Å². The van der Waals surface area contributed by atoms with E-state index in [4.69, 9.17) is 23.9 Å². The maximum Gasteiger partial charge on any atom is 0.252 e. The van der Waals surface area contributed by atoms with Crippen molar-refractivity contribution in [3.05, 3.63) is 46.5 Å². The van der Waals surface area contributed by atoms with Crippen molar-refractivity contribution in [3.8, 4) is 5.75 Å². The van der Waals surface area contributed by atoms with Crippen LogP contribution in [0, 0.1) is 6.57 Å². The SMILES string of the molecule is [C-]#[N+]c1c(Cl)ncc2c(N=Nc3ccc(O)c(C(N)=O)c3)snc12. The van der Waals surface area contributed by atoms with E-state index in [1.807, 2.05) is 0 Å². The summed E-state index contributed by atoms with van der Waals surface area (Å²) in [4.78, 5) is 18.5. The highest BCUT2D eigenvalue weighted by molar-refractivity contribution is 7.11. The number of halogens is 1. The third kappa shape index (κ3) is 2.76. The first-order chi connectivity index (χ1) is 11.5. The van der Waals surface area contributed by atoms with E-state index in [1.165, 1.54) is 24.4 Å². The van der Waals surface area contributed by atoms with Crippen LogP contribution < -0.4 is 5.73 Å². The van der Waals surface area contributed by atoms with Crippen molar-refractivity contribution in [3.63, 3.8) is 0 Å². The summed E-state index contributed by atoms with van der Waals surface area (Å²) in [7, 11) is 0. The summed E-state index contributed by atoms with van der Waals surface area (Å²) in [6.07, 6.45) is 1.47. The number of amides is 1. The summed E-state index contributed by atoms with van der Waals surface area (Å²) >= 11 is 6.91. The molecule has 0 unspecified atom stereocenters. The Balaban J connectivity index is 2.02. The van der Waals surface area contributed by atoms with Crippen LogP contribution in [0.15, 0.2) is 34.6 Å². The predicted molar refractivity (Wildman–Crippen MR) is 89.5 cm³/mol. The molecule has 0 aliphatic rings. The number of nitrogens with zero attached hydrogens (tertiary/aromatic N) is 5.